The smallest absolute Gasteiger partial charge is 0.256 e. The van der Waals surface area contributed by atoms with Crippen LogP contribution in [0.3, 0.4) is 0 Å². The molecule has 188 valence electrons. The summed E-state index contributed by atoms with van der Waals surface area (Å²) in [6, 6.07) is 19.3. The third kappa shape index (κ3) is 6.24. The summed E-state index contributed by atoms with van der Waals surface area (Å²) in [6.45, 7) is 12.5. The molecule has 1 aliphatic heterocycles. The second-order valence-electron chi connectivity index (χ2n) is 9.98. The zero-order chi connectivity index (χ0) is 25.9. The lowest BCUT2D eigenvalue weighted by Gasteiger charge is -2.35. The van der Waals surface area contributed by atoms with Crippen molar-refractivity contribution in [1.29, 1.82) is 0 Å². The van der Waals surface area contributed by atoms with Crippen LogP contribution >= 0.6 is 0 Å². The molecule has 0 saturated carbocycles. The number of benzene rings is 2. The van der Waals surface area contributed by atoms with Gasteiger partial charge in [0.05, 0.1) is 0 Å². The average molecular weight is 482 g/mol. The standard InChI is InChI=1S/C28H35NO6/c1-20-21(2)25(31)29(24(20)30)19-18-28(7,34-32-26(3,4)22-14-10-8-11-15-22)35-33-27(5,6)23-16-12-9-13-17-23/h8-17H,18-19H2,1-7H3. The van der Waals surface area contributed by atoms with E-state index in [2.05, 4.69) is 0 Å². The van der Waals surface area contributed by atoms with Gasteiger partial charge in [0.1, 0.15) is 11.2 Å². The molecule has 0 aliphatic carbocycles. The number of rotatable bonds is 11. The van der Waals surface area contributed by atoms with Crippen LogP contribution in [0.2, 0.25) is 0 Å². The molecule has 35 heavy (non-hydrogen) atoms. The highest BCUT2D eigenvalue weighted by atomic mass is 17.3. The van der Waals surface area contributed by atoms with E-state index in [1.165, 1.54) is 4.90 Å². The number of amides is 2. The van der Waals surface area contributed by atoms with Crippen LogP contribution in [-0.4, -0.2) is 29.0 Å². The minimum absolute atomic E-state index is 0.0765. The van der Waals surface area contributed by atoms with E-state index in [9.17, 15) is 9.59 Å². The van der Waals surface area contributed by atoms with Gasteiger partial charge in [-0.1, -0.05) is 60.7 Å². The molecular weight excluding hydrogens is 446 g/mol. The summed E-state index contributed by atoms with van der Waals surface area (Å²) < 4.78 is 0. The quantitative estimate of drug-likeness (QED) is 0.181. The van der Waals surface area contributed by atoms with Crippen LogP contribution in [0.25, 0.3) is 0 Å². The van der Waals surface area contributed by atoms with Crippen LogP contribution in [0.4, 0.5) is 0 Å². The Bertz CT molecular complexity index is 996. The molecule has 1 heterocycles. The van der Waals surface area contributed by atoms with Crippen molar-refractivity contribution in [2.24, 2.45) is 0 Å². The minimum atomic E-state index is -1.43. The van der Waals surface area contributed by atoms with Crippen LogP contribution in [0.5, 0.6) is 0 Å². The fraction of sp³-hybridized carbons (Fsp3) is 0.429. The van der Waals surface area contributed by atoms with Crippen molar-refractivity contribution in [2.45, 2.75) is 71.9 Å². The Morgan fingerprint density at radius 2 is 1.00 bits per heavy atom. The summed E-state index contributed by atoms with van der Waals surface area (Å²) in [5, 5.41) is 0. The molecule has 0 atom stereocenters. The third-order valence-electron chi connectivity index (χ3n) is 6.27. The fourth-order valence-electron chi connectivity index (χ4n) is 3.59. The van der Waals surface area contributed by atoms with Crippen molar-refractivity contribution in [3.05, 3.63) is 82.9 Å². The number of nitrogens with zero attached hydrogens (tertiary/aromatic N) is 1. The van der Waals surface area contributed by atoms with Gasteiger partial charge in [-0.25, -0.2) is 9.78 Å². The summed E-state index contributed by atoms with van der Waals surface area (Å²) in [7, 11) is 0. The fourth-order valence-corrected chi connectivity index (χ4v) is 3.59. The number of hydrogen-bond acceptors (Lipinski definition) is 6. The lowest BCUT2D eigenvalue weighted by atomic mass is 9.99. The van der Waals surface area contributed by atoms with Crippen molar-refractivity contribution in [3.8, 4) is 0 Å². The van der Waals surface area contributed by atoms with Gasteiger partial charge in [0.15, 0.2) is 0 Å². The van der Waals surface area contributed by atoms with Crippen LogP contribution in [-0.2, 0) is 40.3 Å². The van der Waals surface area contributed by atoms with E-state index in [1.807, 2.05) is 88.4 Å². The first kappa shape index (κ1) is 26.8. The Balaban J connectivity index is 1.76. The van der Waals surface area contributed by atoms with Gasteiger partial charge < -0.3 is 0 Å². The van der Waals surface area contributed by atoms with Crippen LogP contribution in [0.15, 0.2) is 71.8 Å². The Morgan fingerprint density at radius 3 is 1.37 bits per heavy atom. The molecule has 7 nitrogen and oxygen atoms in total. The van der Waals surface area contributed by atoms with Crippen molar-refractivity contribution in [1.82, 2.24) is 4.90 Å². The van der Waals surface area contributed by atoms with Crippen molar-refractivity contribution >= 4 is 11.8 Å². The van der Waals surface area contributed by atoms with Crippen LogP contribution in [0, 0.1) is 0 Å². The molecular formula is C28H35NO6. The topological polar surface area (TPSA) is 74.3 Å². The first-order valence-corrected chi connectivity index (χ1v) is 11.7. The Hall–Kier alpha value is -2.84. The largest absolute Gasteiger partial charge is 0.275 e. The van der Waals surface area contributed by atoms with Crippen molar-refractivity contribution in [3.63, 3.8) is 0 Å². The summed E-state index contributed by atoms with van der Waals surface area (Å²) in [5.74, 6) is -2.06. The predicted molar refractivity (Wildman–Crippen MR) is 131 cm³/mol. The van der Waals surface area contributed by atoms with Crippen molar-refractivity contribution in [2.75, 3.05) is 6.54 Å². The maximum absolute atomic E-state index is 12.6. The highest BCUT2D eigenvalue weighted by Gasteiger charge is 2.40. The normalized spacial score (nSPS) is 15.3. The van der Waals surface area contributed by atoms with E-state index in [1.54, 1.807) is 20.8 Å². The second kappa shape index (κ2) is 10.4. The molecule has 2 aromatic carbocycles. The monoisotopic (exact) mass is 481 g/mol. The average Bonchev–Trinajstić information content (AvgIpc) is 3.04. The first-order valence-electron chi connectivity index (χ1n) is 11.7. The zero-order valence-electron chi connectivity index (χ0n) is 21.6. The molecule has 0 spiro atoms. The Labute approximate surface area is 207 Å². The molecule has 0 saturated heterocycles. The first-order chi connectivity index (χ1) is 16.4. The van der Waals surface area contributed by atoms with E-state index in [-0.39, 0.29) is 24.8 Å². The van der Waals surface area contributed by atoms with Gasteiger partial charge >= 0.3 is 0 Å². The highest BCUT2D eigenvalue weighted by Crippen LogP contribution is 2.33. The van der Waals surface area contributed by atoms with Gasteiger partial charge in [-0.05, 0) is 59.6 Å². The van der Waals surface area contributed by atoms with E-state index in [4.69, 9.17) is 19.6 Å². The number of carbonyl (C=O) groups is 2. The van der Waals surface area contributed by atoms with Crippen LogP contribution in [0.1, 0.15) is 66.0 Å². The van der Waals surface area contributed by atoms with Gasteiger partial charge in [-0.3, -0.25) is 14.5 Å². The molecule has 0 fully saturated rings. The molecule has 2 aromatic rings. The highest BCUT2D eigenvalue weighted by molar-refractivity contribution is 6.18. The maximum atomic E-state index is 12.6. The summed E-state index contributed by atoms with van der Waals surface area (Å²) >= 11 is 0. The lowest BCUT2D eigenvalue weighted by Crippen LogP contribution is -2.43. The second-order valence-corrected chi connectivity index (χ2v) is 9.98. The van der Waals surface area contributed by atoms with Crippen LogP contribution < -0.4 is 0 Å². The van der Waals surface area contributed by atoms with Gasteiger partial charge in [0, 0.05) is 24.1 Å². The third-order valence-corrected chi connectivity index (χ3v) is 6.27. The zero-order valence-corrected chi connectivity index (χ0v) is 21.6. The van der Waals surface area contributed by atoms with Crippen molar-refractivity contribution < 1.29 is 29.1 Å². The van der Waals surface area contributed by atoms with E-state index >= 15 is 0 Å². The summed E-state index contributed by atoms with van der Waals surface area (Å²) in [5.41, 5.74) is 1.12. The number of hydrogen-bond donors (Lipinski definition) is 0. The molecule has 0 unspecified atom stereocenters. The lowest BCUT2D eigenvalue weighted by molar-refractivity contribution is -0.543. The number of carbonyl (C=O) groups excluding carboxylic acids is 2. The minimum Gasteiger partial charge on any atom is -0.275 e. The van der Waals surface area contributed by atoms with E-state index in [0.717, 1.165) is 11.1 Å². The van der Waals surface area contributed by atoms with Gasteiger partial charge in [-0.2, -0.15) is 9.78 Å². The SMILES string of the molecule is CC1=C(C)C(=O)N(CCC(C)(OOC(C)(C)c2ccccc2)OOC(C)(C)c2ccccc2)C1=O. The molecule has 2 amide bonds. The molecule has 0 bridgehead atoms. The molecule has 0 radical (unpaired) electrons. The number of imide groups is 1. The summed E-state index contributed by atoms with van der Waals surface area (Å²) in [6.07, 6.45) is 0.126. The molecule has 7 heteroatoms. The summed E-state index contributed by atoms with van der Waals surface area (Å²) in [4.78, 5) is 49.7. The van der Waals surface area contributed by atoms with Gasteiger partial charge in [0.2, 0.25) is 5.79 Å². The molecule has 1 aliphatic rings. The molecule has 0 N–H and O–H groups in total. The van der Waals surface area contributed by atoms with E-state index < -0.39 is 17.0 Å². The van der Waals surface area contributed by atoms with E-state index in [0.29, 0.717) is 11.1 Å². The molecule has 0 aromatic heterocycles. The Kier molecular flexibility index (Phi) is 7.97. The van der Waals surface area contributed by atoms with Gasteiger partial charge in [0.25, 0.3) is 11.8 Å². The molecule has 3 rings (SSSR count). The van der Waals surface area contributed by atoms with Gasteiger partial charge in [-0.15, -0.1) is 0 Å². The predicted octanol–water partition coefficient (Wildman–Crippen LogP) is 5.56. The Morgan fingerprint density at radius 1 is 0.629 bits per heavy atom. The maximum Gasteiger partial charge on any atom is 0.256 e.